The molecule has 0 bridgehead atoms. The second kappa shape index (κ2) is 8.97. The predicted octanol–water partition coefficient (Wildman–Crippen LogP) is 3.81. The third kappa shape index (κ3) is 4.47. The molecule has 0 radical (unpaired) electrons. The van der Waals surface area contributed by atoms with Crippen LogP contribution in [0.25, 0.3) is 10.8 Å². The number of hydrogen-bond donors (Lipinski definition) is 2. The third-order valence-corrected chi connectivity index (χ3v) is 5.65. The summed E-state index contributed by atoms with van der Waals surface area (Å²) in [5.74, 6) is -1.50. The molecular weight excluding hydrogens is 434 g/mol. The number of amides is 4. The van der Waals surface area contributed by atoms with Gasteiger partial charge in [-0.2, -0.15) is 0 Å². The highest BCUT2D eigenvalue weighted by Gasteiger charge is 2.49. The van der Waals surface area contributed by atoms with Gasteiger partial charge >= 0.3 is 12.0 Å². The molecule has 0 spiro atoms. The lowest BCUT2D eigenvalue weighted by molar-refractivity contribution is -0.133. The molecule has 0 aromatic heterocycles. The van der Waals surface area contributed by atoms with Crippen LogP contribution >= 0.6 is 0 Å². The maximum Gasteiger partial charge on any atom is 0.338 e. The summed E-state index contributed by atoms with van der Waals surface area (Å²) < 4.78 is 5.13. The van der Waals surface area contributed by atoms with Gasteiger partial charge in [-0.25, -0.2) is 9.59 Å². The molecule has 4 amide bonds. The molecule has 1 unspecified atom stereocenters. The van der Waals surface area contributed by atoms with Crippen molar-refractivity contribution in [2.45, 2.75) is 32.4 Å². The molecule has 1 atom stereocenters. The number of urea groups is 1. The summed E-state index contributed by atoms with van der Waals surface area (Å²) >= 11 is 0. The number of carbonyl (C=O) groups is 4. The fourth-order valence-corrected chi connectivity index (χ4v) is 3.85. The van der Waals surface area contributed by atoms with E-state index in [0.29, 0.717) is 16.8 Å². The van der Waals surface area contributed by atoms with Crippen molar-refractivity contribution in [3.05, 3.63) is 77.9 Å². The second-order valence-corrected chi connectivity index (χ2v) is 8.59. The van der Waals surface area contributed by atoms with Crippen molar-refractivity contribution >= 4 is 40.3 Å². The van der Waals surface area contributed by atoms with Crippen molar-refractivity contribution in [2.75, 3.05) is 11.9 Å². The maximum absolute atomic E-state index is 13.2. The summed E-state index contributed by atoms with van der Waals surface area (Å²) in [7, 11) is 0. The summed E-state index contributed by atoms with van der Waals surface area (Å²) in [5, 5.41) is 7.33. The molecule has 8 heteroatoms. The Hall–Kier alpha value is -4.20. The summed E-state index contributed by atoms with van der Waals surface area (Å²) in [5.41, 5.74) is 0.138. The average Bonchev–Trinajstić information content (AvgIpc) is 3.02. The Morgan fingerprint density at radius 2 is 1.68 bits per heavy atom. The number of nitrogens with one attached hydrogen (secondary N) is 2. The zero-order valence-electron chi connectivity index (χ0n) is 19.1. The molecule has 1 heterocycles. The summed E-state index contributed by atoms with van der Waals surface area (Å²) in [6, 6.07) is 18.8. The number of imide groups is 1. The molecule has 3 aromatic carbocycles. The highest BCUT2D eigenvalue weighted by atomic mass is 16.5. The Bertz CT molecular complexity index is 1290. The zero-order valence-corrected chi connectivity index (χ0v) is 19.1. The lowest BCUT2D eigenvalue weighted by Crippen LogP contribution is -2.42. The predicted molar refractivity (Wildman–Crippen MR) is 127 cm³/mol. The smallest absolute Gasteiger partial charge is 0.338 e. The third-order valence-electron chi connectivity index (χ3n) is 5.65. The molecule has 2 N–H and O–H groups in total. The fourth-order valence-electron chi connectivity index (χ4n) is 3.85. The monoisotopic (exact) mass is 459 g/mol. The fraction of sp³-hybridized carbons (Fsp3) is 0.231. The number of carbonyl (C=O) groups excluding carboxylic acids is 4. The van der Waals surface area contributed by atoms with Crippen LogP contribution in [0, 0.1) is 0 Å². The molecular formula is C26H25N3O5. The lowest BCUT2D eigenvalue weighted by atomic mass is 9.90. The number of ether oxygens (including phenoxy) is 1. The molecule has 1 aliphatic heterocycles. The zero-order chi connectivity index (χ0) is 24.5. The molecule has 1 saturated heterocycles. The number of nitrogens with zero attached hydrogens (tertiary/aromatic N) is 1. The van der Waals surface area contributed by atoms with Crippen LogP contribution in [0.2, 0.25) is 0 Å². The minimum atomic E-state index is -1.28. The van der Waals surface area contributed by atoms with Crippen LogP contribution in [-0.4, -0.2) is 41.4 Å². The van der Waals surface area contributed by atoms with Crippen molar-refractivity contribution in [2.24, 2.45) is 0 Å². The van der Waals surface area contributed by atoms with E-state index in [9.17, 15) is 19.2 Å². The van der Waals surface area contributed by atoms with Crippen molar-refractivity contribution in [3.63, 3.8) is 0 Å². The van der Waals surface area contributed by atoms with Crippen molar-refractivity contribution < 1.29 is 23.9 Å². The normalized spacial score (nSPS) is 17.7. The summed E-state index contributed by atoms with van der Waals surface area (Å²) in [6.45, 7) is 4.70. The SMILES string of the molecule is CC(C)OC(=O)c1ccc(NC(=O)CN2C(=O)NC(C)(c3ccc4ccccc4c3)C2=O)cc1. The van der Waals surface area contributed by atoms with E-state index in [2.05, 4.69) is 10.6 Å². The first-order valence-corrected chi connectivity index (χ1v) is 10.9. The number of hydrogen-bond acceptors (Lipinski definition) is 5. The van der Waals surface area contributed by atoms with Gasteiger partial charge < -0.3 is 15.4 Å². The molecule has 174 valence electrons. The van der Waals surface area contributed by atoms with Crippen LogP contribution in [0.15, 0.2) is 66.7 Å². The maximum atomic E-state index is 13.2. The Labute approximate surface area is 196 Å². The largest absolute Gasteiger partial charge is 0.459 e. The molecule has 34 heavy (non-hydrogen) atoms. The quantitative estimate of drug-likeness (QED) is 0.431. The topological polar surface area (TPSA) is 105 Å². The number of benzene rings is 3. The second-order valence-electron chi connectivity index (χ2n) is 8.59. The summed E-state index contributed by atoms with van der Waals surface area (Å²) in [4.78, 5) is 51.2. The Balaban J connectivity index is 1.44. The van der Waals surface area contributed by atoms with Gasteiger partial charge in [0, 0.05) is 5.69 Å². The van der Waals surface area contributed by atoms with E-state index >= 15 is 0 Å². The highest BCUT2D eigenvalue weighted by molar-refractivity contribution is 6.10. The van der Waals surface area contributed by atoms with Crippen LogP contribution < -0.4 is 10.6 Å². The van der Waals surface area contributed by atoms with Crippen molar-refractivity contribution in [1.29, 1.82) is 0 Å². The molecule has 8 nitrogen and oxygen atoms in total. The number of esters is 1. The van der Waals surface area contributed by atoms with E-state index in [4.69, 9.17) is 4.74 Å². The van der Waals surface area contributed by atoms with E-state index in [1.807, 2.05) is 36.4 Å². The van der Waals surface area contributed by atoms with Crippen LogP contribution in [0.5, 0.6) is 0 Å². The van der Waals surface area contributed by atoms with Crippen molar-refractivity contribution in [1.82, 2.24) is 10.2 Å². The van der Waals surface area contributed by atoms with Gasteiger partial charge in [0.05, 0.1) is 11.7 Å². The first kappa shape index (κ1) is 23.0. The van der Waals surface area contributed by atoms with Crippen LogP contribution in [0.4, 0.5) is 10.5 Å². The van der Waals surface area contributed by atoms with E-state index in [-0.39, 0.29) is 6.10 Å². The summed E-state index contributed by atoms with van der Waals surface area (Å²) in [6.07, 6.45) is -0.240. The number of rotatable bonds is 6. The van der Waals surface area contributed by atoms with E-state index in [1.54, 1.807) is 39.0 Å². The van der Waals surface area contributed by atoms with Gasteiger partial charge in [-0.05, 0) is 67.4 Å². The van der Waals surface area contributed by atoms with E-state index in [1.165, 1.54) is 12.1 Å². The van der Waals surface area contributed by atoms with Gasteiger partial charge in [-0.3, -0.25) is 14.5 Å². The Morgan fingerprint density at radius 1 is 1.00 bits per heavy atom. The first-order chi connectivity index (χ1) is 16.2. The van der Waals surface area contributed by atoms with Gasteiger partial charge in [-0.1, -0.05) is 36.4 Å². The van der Waals surface area contributed by atoms with Crippen LogP contribution in [0.1, 0.15) is 36.7 Å². The average molecular weight is 460 g/mol. The standard InChI is InChI=1S/C26H25N3O5/c1-16(2)34-23(31)18-9-12-21(13-10-18)27-22(30)15-29-24(32)26(3,28-25(29)33)20-11-8-17-6-4-5-7-19(17)14-20/h4-14,16H,15H2,1-3H3,(H,27,30)(H,28,33). The van der Waals surface area contributed by atoms with Crippen LogP contribution in [0.3, 0.4) is 0 Å². The highest BCUT2D eigenvalue weighted by Crippen LogP contribution is 2.31. The van der Waals surface area contributed by atoms with Gasteiger partial charge in [0.2, 0.25) is 5.91 Å². The Morgan fingerprint density at radius 3 is 2.35 bits per heavy atom. The molecule has 1 fully saturated rings. The van der Waals surface area contributed by atoms with Gasteiger partial charge in [-0.15, -0.1) is 0 Å². The molecule has 1 aliphatic rings. The molecule has 4 rings (SSSR count). The number of anilines is 1. The van der Waals surface area contributed by atoms with E-state index in [0.717, 1.165) is 15.7 Å². The minimum Gasteiger partial charge on any atom is -0.459 e. The van der Waals surface area contributed by atoms with Crippen LogP contribution in [-0.2, 0) is 19.9 Å². The van der Waals surface area contributed by atoms with Crippen molar-refractivity contribution in [3.8, 4) is 0 Å². The lowest BCUT2D eigenvalue weighted by Gasteiger charge is -2.22. The van der Waals surface area contributed by atoms with Gasteiger partial charge in [0.15, 0.2) is 0 Å². The van der Waals surface area contributed by atoms with Gasteiger partial charge in [0.25, 0.3) is 5.91 Å². The van der Waals surface area contributed by atoms with Gasteiger partial charge in [0.1, 0.15) is 12.1 Å². The molecule has 0 aliphatic carbocycles. The Kier molecular flexibility index (Phi) is 6.06. The minimum absolute atomic E-state index is 0.240. The molecule has 0 saturated carbocycles. The molecule has 3 aromatic rings. The first-order valence-electron chi connectivity index (χ1n) is 10.9. The van der Waals surface area contributed by atoms with E-state index < -0.39 is 35.9 Å². The number of fused-ring (bicyclic) bond motifs is 1.